The van der Waals surface area contributed by atoms with Crippen molar-refractivity contribution in [2.45, 2.75) is 58.3 Å². The molecule has 0 unspecified atom stereocenters. The van der Waals surface area contributed by atoms with Crippen molar-refractivity contribution in [2.24, 2.45) is 0 Å². The summed E-state index contributed by atoms with van der Waals surface area (Å²) in [4.78, 5) is 47.1. The van der Waals surface area contributed by atoms with Crippen LogP contribution in [0.25, 0.3) is 10.8 Å². The molecule has 34 heavy (non-hydrogen) atoms. The maximum absolute atomic E-state index is 12.0. The molecule has 1 amide bonds. The number of carbonyl (C=O) groups excluding carboxylic acids is 4. The minimum atomic E-state index is -1.18. The number of fused-ring (bicyclic) bond motifs is 1. The summed E-state index contributed by atoms with van der Waals surface area (Å²) in [6, 6.07) is 12.0. The minimum Gasteiger partial charge on any atom is -0.463 e. The SMILES string of the molecule is CC(=O)N[C@@H]1[C@H](Oc2ccc3ccccc3c2)O[C@H](COC(C)=O)[C@H](OC(C)=O)[C@H]1OC(C)=O. The number of ether oxygens (including phenoxy) is 5. The topological polar surface area (TPSA) is 126 Å². The molecule has 0 radical (unpaired) electrons. The quantitative estimate of drug-likeness (QED) is 0.474. The van der Waals surface area contributed by atoms with Gasteiger partial charge in [0.15, 0.2) is 12.2 Å². The van der Waals surface area contributed by atoms with Gasteiger partial charge in [-0.1, -0.05) is 30.3 Å². The molecule has 2 aromatic rings. The zero-order valence-corrected chi connectivity index (χ0v) is 19.3. The summed E-state index contributed by atoms with van der Waals surface area (Å²) in [6.07, 6.45) is -4.55. The number of amides is 1. The van der Waals surface area contributed by atoms with E-state index in [2.05, 4.69) is 5.32 Å². The molecule has 1 saturated heterocycles. The van der Waals surface area contributed by atoms with Gasteiger partial charge < -0.3 is 29.0 Å². The van der Waals surface area contributed by atoms with E-state index >= 15 is 0 Å². The van der Waals surface area contributed by atoms with Gasteiger partial charge in [-0.15, -0.1) is 0 Å². The van der Waals surface area contributed by atoms with E-state index in [1.165, 1.54) is 27.7 Å². The second-order valence-electron chi connectivity index (χ2n) is 7.85. The predicted molar refractivity (Wildman–Crippen MR) is 119 cm³/mol. The van der Waals surface area contributed by atoms with Crippen LogP contribution in [-0.2, 0) is 38.1 Å². The molecule has 0 bridgehead atoms. The summed E-state index contributed by atoms with van der Waals surface area (Å²) >= 11 is 0. The van der Waals surface area contributed by atoms with Crippen molar-refractivity contribution in [3.63, 3.8) is 0 Å². The van der Waals surface area contributed by atoms with Crippen LogP contribution >= 0.6 is 0 Å². The smallest absolute Gasteiger partial charge is 0.303 e. The molecular formula is C24H27NO9. The van der Waals surface area contributed by atoms with Crippen molar-refractivity contribution in [1.82, 2.24) is 5.32 Å². The highest BCUT2D eigenvalue weighted by Gasteiger charge is 2.51. The number of esters is 3. The Bertz CT molecular complexity index is 1070. The Labute approximate surface area is 196 Å². The fraction of sp³-hybridized carbons (Fsp3) is 0.417. The number of nitrogens with one attached hydrogen (secondary N) is 1. The highest BCUT2D eigenvalue weighted by molar-refractivity contribution is 5.83. The molecule has 2 aromatic carbocycles. The van der Waals surface area contributed by atoms with Crippen molar-refractivity contribution >= 4 is 34.6 Å². The number of rotatable bonds is 7. The highest BCUT2D eigenvalue weighted by Crippen LogP contribution is 2.30. The third kappa shape index (κ3) is 6.44. The van der Waals surface area contributed by atoms with Crippen LogP contribution in [0.1, 0.15) is 27.7 Å². The van der Waals surface area contributed by atoms with Crippen molar-refractivity contribution in [2.75, 3.05) is 6.61 Å². The largest absolute Gasteiger partial charge is 0.463 e. The third-order valence-electron chi connectivity index (χ3n) is 5.04. The molecule has 1 N–H and O–H groups in total. The van der Waals surface area contributed by atoms with Gasteiger partial charge in [0.2, 0.25) is 12.2 Å². The van der Waals surface area contributed by atoms with Gasteiger partial charge in [-0.2, -0.15) is 0 Å². The lowest BCUT2D eigenvalue weighted by molar-refractivity contribution is -0.257. The molecule has 10 heteroatoms. The zero-order chi connectivity index (χ0) is 24.8. The molecule has 1 heterocycles. The molecule has 0 saturated carbocycles. The first-order valence-corrected chi connectivity index (χ1v) is 10.7. The summed E-state index contributed by atoms with van der Waals surface area (Å²) in [6.45, 7) is 4.57. The summed E-state index contributed by atoms with van der Waals surface area (Å²) < 4.78 is 28.0. The van der Waals surface area contributed by atoms with Crippen LogP contribution in [0.15, 0.2) is 42.5 Å². The summed E-state index contributed by atoms with van der Waals surface area (Å²) in [7, 11) is 0. The van der Waals surface area contributed by atoms with Crippen molar-refractivity contribution in [3.05, 3.63) is 42.5 Å². The van der Waals surface area contributed by atoms with E-state index in [0.29, 0.717) is 5.75 Å². The molecule has 1 aliphatic rings. The van der Waals surface area contributed by atoms with Gasteiger partial charge in [0.1, 0.15) is 24.5 Å². The highest BCUT2D eigenvalue weighted by atomic mass is 16.7. The van der Waals surface area contributed by atoms with E-state index in [9.17, 15) is 19.2 Å². The van der Waals surface area contributed by atoms with Crippen LogP contribution in [0.2, 0.25) is 0 Å². The predicted octanol–water partition coefficient (Wildman–Crippen LogP) is 1.87. The van der Waals surface area contributed by atoms with Crippen LogP contribution < -0.4 is 10.1 Å². The number of benzene rings is 2. The Morgan fingerprint density at radius 1 is 0.853 bits per heavy atom. The fourth-order valence-corrected chi connectivity index (χ4v) is 3.77. The standard InChI is InChI=1S/C24H27NO9/c1-13(26)25-21-23(32-16(4)29)22(31-15(3)28)20(12-30-14(2)27)34-24(21)33-19-10-9-17-7-5-6-8-18(17)11-19/h5-11,20-24H,12H2,1-4H3,(H,25,26)/t20-,21+,22+,23+,24-/m1/s1. The molecule has 10 nitrogen and oxygen atoms in total. The average Bonchev–Trinajstić information content (AvgIpc) is 2.75. The molecule has 5 atom stereocenters. The van der Waals surface area contributed by atoms with Crippen LogP contribution in [0.4, 0.5) is 0 Å². The lowest BCUT2D eigenvalue weighted by Gasteiger charge is -2.44. The van der Waals surface area contributed by atoms with Crippen LogP contribution in [0.5, 0.6) is 5.75 Å². The first kappa shape index (κ1) is 25.0. The Hall–Kier alpha value is -3.66. The van der Waals surface area contributed by atoms with E-state index in [0.717, 1.165) is 10.8 Å². The Morgan fingerprint density at radius 3 is 2.12 bits per heavy atom. The van der Waals surface area contributed by atoms with Gasteiger partial charge in [0.05, 0.1) is 0 Å². The third-order valence-corrected chi connectivity index (χ3v) is 5.04. The second kappa shape index (κ2) is 11.0. The van der Waals surface area contributed by atoms with Gasteiger partial charge in [-0.05, 0) is 22.9 Å². The lowest BCUT2D eigenvalue weighted by Crippen LogP contribution is -2.67. The summed E-state index contributed by atoms with van der Waals surface area (Å²) in [5.74, 6) is -1.94. The number of hydrogen-bond acceptors (Lipinski definition) is 9. The zero-order valence-electron chi connectivity index (χ0n) is 19.3. The van der Waals surface area contributed by atoms with Gasteiger partial charge >= 0.3 is 17.9 Å². The monoisotopic (exact) mass is 473 g/mol. The van der Waals surface area contributed by atoms with Gasteiger partial charge in [-0.3, -0.25) is 19.2 Å². The number of carbonyl (C=O) groups is 4. The van der Waals surface area contributed by atoms with Crippen LogP contribution in [-0.4, -0.2) is 61.1 Å². The Balaban J connectivity index is 1.98. The van der Waals surface area contributed by atoms with Crippen LogP contribution in [0, 0.1) is 0 Å². The molecule has 0 spiro atoms. The van der Waals surface area contributed by atoms with Crippen molar-refractivity contribution in [3.8, 4) is 5.75 Å². The average molecular weight is 473 g/mol. The first-order valence-electron chi connectivity index (χ1n) is 10.7. The summed E-state index contributed by atoms with van der Waals surface area (Å²) in [5, 5.41) is 4.58. The summed E-state index contributed by atoms with van der Waals surface area (Å²) in [5.41, 5.74) is 0. The maximum Gasteiger partial charge on any atom is 0.303 e. The fourth-order valence-electron chi connectivity index (χ4n) is 3.77. The van der Waals surface area contributed by atoms with E-state index in [1.807, 2.05) is 30.3 Å². The Morgan fingerprint density at radius 2 is 1.50 bits per heavy atom. The van der Waals surface area contributed by atoms with E-state index in [-0.39, 0.29) is 6.61 Å². The normalized spacial score (nSPS) is 24.1. The van der Waals surface area contributed by atoms with Crippen LogP contribution in [0.3, 0.4) is 0 Å². The van der Waals surface area contributed by atoms with Gasteiger partial charge in [0.25, 0.3) is 0 Å². The molecule has 1 fully saturated rings. The van der Waals surface area contributed by atoms with E-state index < -0.39 is 54.5 Å². The lowest BCUT2D eigenvalue weighted by atomic mass is 9.96. The molecule has 0 aromatic heterocycles. The molecule has 3 rings (SSSR count). The Kier molecular flexibility index (Phi) is 8.06. The molecule has 0 aliphatic carbocycles. The maximum atomic E-state index is 12.0. The van der Waals surface area contributed by atoms with E-state index in [1.54, 1.807) is 12.1 Å². The molecular weight excluding hydrogens is 446 g/mol. The first-order chi connectivity index (χ1) is 16.1. The number of hydrogen-bond donors (Lipinski definition) is 1. The van der Waals surface area contributed by atoms with Gasteiger partial charge in [-0.25, -0.2) is 0 Å². The minimum absolute atomic E-state index is 0.296. The second-order valence-corrected chi connectivity index (χ2v) is 7.85. The van der Waals surface area contributed by atoms with E-state index in [4.69, 9.17) is 23.7 Å². The molecule has 182 valence electrons. The van der Waals surface area contributed by atoms with Crippen molar-refractivity contribution < 1.29 is 42.9 Å². The molecule has 1 aliphatic heterocycles. The van der Waals surface area contributed by atoms with Gasteiger partial charge in [0, 0.05) is 27.7 Å². The van der Waals surface area contributed by atoms with Crippen molar-refractivity contribution in [1.29, 1.82) is 0 Å².